The number of benzene rings is 1. The molecule has 0 fully saturated rings. The molecule has 0 aliphatic carbocycles. The molecule has 0 aliphatic rings. The molecular weight excluding hydrogens is 637 g/mol. The number of unbranched alkanes of at least 4 members (excludes halogenated alkanes) is 27. The molecule has 0 saturated heterocycles. The van der Waals surface area contributed by atoms with E-state index in [0.29, 0.717) is 5.75 Å². The molecule has 1 aromatic rings. The fourth-order valence-electron chi connectivity index (χ4n) is 7.53. The van der Waals surface area contributed by atoms with Crippen molar-refractivity contribution < 1.29 is 17.7 Å². The van der Waals surface area contributed by atoms with Crippen LogP contribution in [0.3, 0.4) is 0 Å². The maximum absolute atomic E-state index is 12.9. The molecule has 1 N–H and O–H groups in total. The summed E-state index contributed by atoms with van der Waals surface area (Å²) >= 11 is 0. The molecule has 0 heterocycles. The van der Waals surface area contributed by atoms with Gasteiger partial charge < -0.3 is 4.74 Å². The summed E-state index contributed by atoms with van der Waals surface area (Å²) in [6.07, 6.45) is 41.1. The molecule has 0 spiro atoms. The molecule has 0 saturated carbocycles. The Balaban J connectivity index is 3.04. The Kier molecular flexibility index (Phi) is 29.5. The predicted molar refractivity (Wildman–Crippen MR) is 219 cm³/mol. The molecule has 0 amide bonds. The third-order valence-corrected chi connectivity index (χ3v) is 11.4. The van der Waals surface area contributed by atoms with Gasteiger partial charge in [0.1, 0.15) is 10.6 Å². The van der Waals surface area contributed by atoms with E-state index >= 15 is 0 Å². The smallest absolute Gasteiger partial charge is 0.298 e. The van der Waals surface area contributed by atoms with E-state index in [1.54, 1.807) is 6.07 Å². The summed E-state index contributed by atoms with van der Waals surface area (Å²) in [7, 11) is -4.41. The lowest BCUT2D eigenvalue weighted by Gasteiger charge is -2.23. The van der Waals surface area contributed by atoms with Gasteiger partial charge >= 0.3 is 0 Å². The molecule has 0 aliphatic heterocycles. The van der Waals surface area contributed by atoms with Gasteiger partial charge in [-0.25, -0.2) is 0 Å². The molecule has 0 bridgehead atoms. The SMILES string of the molecule is CCCCCCCCCCCCc1cc(S(=O)(=O)O)c(OC(C)C)c(CCCCCCCCCCCC)c1CCCCCCCCCCCC. The standard InChI is InChI=1S/C45H84O4S/c1-6-9-12-15-18-21-24-27-30-33-36-41-39-44(50(46,47)48)45(49-40(4)5)43(38-35-32-29-26-23-20-17-14-11-8-3)42(41)37-34-31-28-25-22-19-16-13-10-7-2/h39-40H,6-38H2,1-5H3,(H,46,47,48). The van der Waals surface area contributed by atoms with Crippen molar-refractivity contribution in [1.29, 1.82) is 0 Å². The highest BCUT2D eigenvalue weighted by atomic mass is 32.2. The van der Waals surface area contributed by atoms with Crippen LogP contribution in [0, 0.1) is 0 Å². The maximum atomic E-state index is 12.9. The van der Waals surface area contributed by atoms with Crippen LogP contribution in [0.15, 0.2) is 11.0 Å². The normalized spacial score (nSPS) is 12.0. The quantitative estimate of drug-likeness (QED) is 0.0554. The number of aryl methyl sites for hydroxylation is 1. The van der Waals surface area contributed by atoms with Gasteiger partial charge in [0.25, 0.3) is 10.1 Å². The highest BCUT2D eigenvalue weighted by molar-refractivity contribution is 7.86. The lowest BCUT2D eigenvalue weighted by Crippen LogP contribution is -2.15. The Morgan fingerprint density at radius 1 is 0.480 bits per heavy atom. The van der Waals surface area contributed by atoms with E-state index in [1.165, 1.54) is 173 Å². The predicted octanol–water partition coefficient (Wildman–Crippen LogP) is 15.1. The van der Waals surface area contributed by atoms with E-state index in [1.807, 2.05) is 13.8 Å². The molecule has 0 unspecified atom stereocenters. The summed E-state index contributed by atoms with van der Waals surface area (Å²) in [4.78, 5) is -0.0119. The molecule has 50 heavy (non-hydrogen) atoms. The van der Waals surface area contributed by atoms with E-state index in [4.69, 9.17) is 4.74 Å². The van der Waals surface area contributed by atoms with Crippen LogP contribution in [-0.4, -0.2) is 19.1 Å². The third-order valence-electron chi connectivity index (χ3n) is 10.5. The third kappa shape index (κ3) is 23.5. The van der Waals surface area contributed by atoms with Crippen LogP contribution in [0.1, 0.15) is 244 Å². The lowest BCUT2D eigenvalue weighted by molar-refractivity contribution is 0.232. The maximum Gasteiger partial charge on any atom is 0.298 e. The Labute approximate surface area is 312 Å². The molecule has 0 aromatic heterocycles. The average molecular weight is 721 g/mol. The molecule has 294 valence electrons. The van der Waals surface area contributed by atoms with Crippen molar-refractivity contribution in [3.63, 3.8) is 0 Å². The van der Waals surface area contributed by atoms with E-state index in [0.717, 1.165) is 56.1 Å². The van der Waals surface area contributed by atoms with Crippen molar-refractivity contribution in [2.45, 2.75) is 258 Å². The van der Waals surface area contributed by atoms with Gasteiger partial charge in [0.2, 0.25) is 0 Å². The summed E-state index contributed by atoms with van der Waals surface area (Å²) in [5.41, 5.74) is 3.51. The molecule has 0 radical (unpaired) electrons. The minimum atomic E-state index is -4.41. The number of hydrogen-bond donors (Lipinski definition) is 1. The van der Waals surface area contributed by atoms with Crippen molar-refractivity contribution in [2.75, 3.05) is 0 Å². The summed E-state index contributed by atoms with van der Waals surface area (Å²) < 4.78 is 42.5. The summed E-state index contributed by atoms with van der Waals surface area (Å²) in [6.45, 7) is 10.7. The van der Waals surface area contributed by atoms with Gasteiger partial charge in [-0.15, -0.1) is 0 Å². The first-order valence-corrected chi connectivity index (χ1v) is 23.5. The fraction of sp³-hybridized carbons (Fsp3) is 0.867. The van der Waals surface area contributed by atoms with E-state index < -0.39 is 10.1 Å². The largest absolute Gasteiger partial charge is 0.489 e. The molecule has 4 nitrogen and oxygen atoms in total. The second-order valence-electron chi connectivity index (χ2n) is 15.8. The Hall–Kier alpha value is -1.07. The van der Waals surface area contributed by atoms with Crippen LogP contribution < -0.4 is 4.74 Å². The van der Waals surface area contributed by atoms with E-state index in [2.05, 4.69) is 20.8 Å². The average Bonchev–Trinajstić information content (AvgIpc) is 3.07. The zero-order chi connectivity index (χ0) is 36.7. The van der Waals surface area contributed by atoms with Crippen molar-refractivity contribution in [3.8, 4) is 5.75 Å². The van der Waals surface area contributed by atoms with Crippen molar-refractivity contribution in [3.05, 3.63) is 22.8 Å². The van der Waals surface area contributed by atoms with E-state index in [-0.39, 0.29) is 11.0 Å². The zero-order valence-electron chi connectivity index (χ0n) is 34.1. The highest BCUT2D eigenvalue weighted by Crippen LogP contribution is 2.37. The van der Waals surface area contributed by atoms with Gasteiger partial charge in [0.15, 0.2) is 0 Å². The second kappa shape index (κ2) is 31.5. The van der Waals surface area contributed by atoms with Crippen LogP contribution in [-0.2, 0) is 29.4 Å². The monoisotopic (exact) mass is 721 g/mol. The number of hydrogen-bond acceptors (Lipinski definition) is 3. The van der Waals surface area contributed by atoms with Gasteiger partial charge in [-0.1, -0.05) is 194 Å². The Bertz CT molecular complexity index is 1030. The van der Waals surface area contributed by atoms with Crippen LogP contribution in [0.5, 0.6) is 5.75 Å². The molecule has 0 atom stereocenters. The molecule has 5 heteroatoms. The lowest BCUT2D eigenvalue weighted by atomic mass is 9.89. The first kappa shape index (κ1) is 47.0. The molecule has 1 rings (SSSR count). The van der Waals surface area contributed by atoms with Gasteiger partial charge in [0.05, 0.1) is 6.10 Å². The van der Waals surface area contributed by atoms with Crippen molar-refractivity contribution in [2.24, 2.45) is 0 Å². The van der Waals surface area contributed by atoms with Crippen LogP contribution in [0.4, 0.5) is 0 Å². The van der Waals surface area contributed by atoms with Crippen molar-refractivity contribution >= 4 is 10.1 Å². The van der Waals surface area contributed by atoms with Gasteiger partial charge in [-0.3, -0.25) is 4.55 Å². The topological polar surface area (TPSA) is 63.6 Å². The number of rotatable bonds is 36. The van der Waals surface area contributed by atoms with Gasteiger partial charge in [0, 0.05) is 0 Å². The molecule has 1 aromatic carbocycles. The van der Waals surface area contributed by atoms with E-state index in [9.17, 15) is 13.0 Å². The first-order chi connectivity index (χ1) is 24.3. The van der Waals surface area contributed by atoms with Crippen LogP contribution in [0.2, 0.25) is 0 Å². The molecular formula is C45H84O4S. The summed E-state index contributed by atoms with van der Waals surface area (Å²) in [5, 5.41) is 0. The minimum absolute atomic E-state index is 0.0119. The Morgan fingerprint density at radius 2 is 0.780 bits per heavy atom. The second-order valence-corrected chi connectivity index (χ2v) is 17.1. The van der Waals surface area contributed by atoms with Gasteiger partial charge in [-0.05, 0) is 75.1 Å². The Morgan fingerprint density at radius 3 is 1.10 bits per heavy atom. The first-order valence-electron chi connectivity index (χ1n) is 22.1. The summed E-state index contributed by atoms with van der Waals surface area (Å²) in [5.74, 6) is 0.423. The van der Waals surface area contributed by atoms with Crippen LogP contribution in [0.25, 0.3) is 0 Å². The zero-order valence-corrected chi connectivity index (χ0v) is 34.9. The highest BCUT2D eigenvalue weighted by Gasteiger charge is 2.26. The summed E-state index contributed by atoms with van der Waals surface area (Å²) in [6, 6.07) is 1.79. The van der Waals surface area contributed by atoms with Gasteiger partial charge in [-0.2, -0.15) is 8.42 Å². The van der Waals surface area contributed by atoms with Crippen molar-refractivity contribution in [1.82, 2.24) is 0 Å². The van der Waals surface area contributed by atoms with Crippen LogP contribution >= 0.6 is 0 Å². The fourth-order valence-corrected chi connectivity index (χ4v) is 8.22. The number of ether oxygens (including phenoxy) is 1. The minimum Gasteiger partial charge on any atom is -0.489 e.